The first-order valence-electron chi connectivity index (χ1n) is 5.74. The number of rotatable bonds is 3. The van der Waals surface area contributed by atoms with Crippen molar-refractivity contribution in [3.8, 4) is 5.75 Å². The summed E-state index contributed by atoms with van der Waals surface area (Å²) in [6, 6.07) is 4.10. The van der Waals surface area contributed by atoms with Crippen molar-refractivity contribution in [2.24, 2.45) is 7.05 Å². The summed E-state index contributed by atoms with van der Waals surface area (Å²) in [5.41, 5.74) is 1.23. The van der Waals surface area contributed by atoms with Crippen LogP contribution in [0.4, 0.5) is 5.69 Å². The second-order valence-corrected chi connectivity index (χ2v) is 6.42. The SMILES string of the molecule is Cc1nn(C)c(C)c1S(=O)(=O)Nc1ccc(O)c(Cl)c1. The summed E-state index contributed by atoms with van der Waals surface area (Å²) >= 11 is 5.75. The molecule has 0 fully saturated rings. The molecule has 0 bridgehead atoms. The molecule has 2 rings (SSSR count). The summed E-state index contributed by atoms with van der Waals surface area (Å²) in [6.07, 6.45) is 0. The van der Waals surface area contributed by atoms with Gasteiger partial charge < -0.3 is 5.11 Å². The second-order valence-electron chi connectivity index (χ2n) is 4.40. The van der Waals surface area contributed by atoms with E-state index < -0.39 is 10.0 Å². The van der Waals surface area contributed by atoms with E-state index in [0.717, 1.165) is 0 Å². The van der Waals surface area contributed by atoms with Crippen molar-refractivity contribution in [1.82, 2.24) is 9.78 Å². The molecule has 1 heterocycles. The number of benzene rings is 1. The predicted octanol–water partition coefficient (Wildman–Crippen LogP) is 2.20. The van der Waals surface area contributed by atoms with Gasteiger partial charge in [-0.25, -0.2) is 8.42 Å². The molecule has 6 nitrogen and oxygen atoms in total. The zero-order valence-corrected chi connectivity index (χ0v) is 12.7. The number of sulfonamides is 1. The molecular weight excluding hydrogens is 302 g/mol. The van der Waals surface area contributed by atoms with Crippen molar-refractivity contribution < 1.29 is 13.5 Å². The molecule has 0 atom stereocenters. The highest BCUT2D eigenvalue weighted by Gasteiger charge is 2.24. The highest BCUT2D eigenvalue weighted by atomic mass is 35.5. The van der Waals surface area contributed by atoms with Gasteiger partial charge in [-0.15, -0.1) is 0 Å². The first-order valence-corrected chi connectivity index (χ1v) is 7.60. The Morgan fingerprint density at radius 2 is 2.00 bits per heavy atom. The Hall–Kier alpha value is -1.73. The molecule has 2 N–H and O–H groups in total. The van der Waals surface area contributed by atoms with E-state index in [9.17, 15) is 13.5 Å². The van der Waals surface area contributed by atoms with E-state index in [1.54, 1.807) is 20.9 Å². The minimum absolute atomic E-state index is 0.0739. The van der Waals surface area contributed by atoms with Gasteiger partial charge in [0.05, 0.1) is 22.1 Å². The van der Waals surface area contributed by atoms with Gasteiger partial charge in [0.2, 0.25) is 0 Å². The fraction of sp³-hybridized carbons (Fsp3) is 0.250. The Labute approximate surface area is 122 Å². The zero-order chi connectivity index (χ0) is 15.1. The molecule has 20 heavy (non-hydrogen) atoms. The topological polar surface area (TPSA) is 84.2 Å². The Kier molecular flexibility index (Phi) is 3.66. The predicted molar refractivity (Wildman–Crippen MR) is 76.6 cm³/mol. The van der Waals surface area contributed by atoms with Gasteiger partial charge in [-0.05, 0) is 32.0 Å². The number of phenolic OH excluding ortho intramolecular Hbond substituents is 1. The van der Waals surface area contributed by atoms with Crippen molar-refractivity contribution in [3.05, 3.63) is 34.6 Å². The number of aromatic nitrogens is 2. The monoisotopic (exact) mass is 315 g/mol. The first kappa shape index (κ1) is 14.7. The number of aryl methyl sites for hydroxylation is 2. The van der Waals surface area contributed by atoms with E-state index >= 15 is 0 Å². The lowest BCUT2D eigenvalue weighted by Crippen LogP contribution is -2.14. The van der Waals surface area contributed by atoms with Crippen LogP contribution < -0.4 is 4.72 Å². The van der Waals surface area contributed by atoms with Gasteiger partial charge in [0.1, 0.15) is 10.6 Å². The largest absolute Gasteiger partial charge is 0.506 e. The van der Waals surface area contributed by atoms with Crippen LogP contribution in [0.3, 0.4) is 0 Å². The number of phenols is 1. The van der Waals surface area contributed by atoms with Gasteiger partial charge in [0.25, 0.3) is 10.0 Å². The van der Waals surface area contributed by atoms with E-state index in [0.29, 0.717) is 11.4 Å². The number of aromatic hydroxyl groups is 1. The average molecular weight is 316 g/mol. The van der Waals surface area contributed by atoms with Crippen molar-refractivity contribution in [2.75, 3.05) is 4.72 Å². The first-order chi connectivity index (χ1) is 9.22. The fourth-order valence-corrected chi connectivity index (χ4v) is 3.59. The molecule has 0 unspecified atom stereocenters. The highest BCUT2D eigenvalue weighted by molar-refractivity contribution is 7.92. The van der Waals surface area contributed by atoms with Gasteiger partial charge in [-0.1, -0.05) is 11.6 Å². The Balaban J connectivity index is 2.43. The van der Waals surface area contributed by atoms with E-state index in [1.807, 2.05) is 0 Å². The molecule has 0 saturated carbocycles. The fourth-order valence-electron chi connectivity index (χ4n) is 1.92. The Bertz CT molecular complexity index is 768. The van der Waals surface area contributed by atoms with Crippen molar-refractivity contribution in [1.29, 1.82) is 0 Å². The number of hydrogen-bond acceptors (Lipinski definition) is 4. The molecule has 0 aliphatic rings. The molecule has 0 saturated heterocycles. The van der Waals surface area contributed by atoms with E-state index in [4.69, 9.17) is 11.6 Å². The quantitative estimate of drug-likeness (QED) is 0.850. The lowest BCUT2D eigenvalue weighted by molar-refractivity contribution is 0.475. The molecular formula is C12H14ClN3O3S. The van der Waals surface area contributed by atoms with Crippen LogP contribution in [0.15, 0.2) is 23.1 Å². The lowest BCUT2D eigenvalue weighted by Gasteiger charge is -2.09. The minimum Gasteiger partial charge on any atom is -0.506 e. The molecule has 0 aliphatic heterocycles. The van der Waals surface area contributed by atoms with Gasteiger partial charge >= 0.3 is 0 Å². The molecule has 1 aromatic heterocycles. The molecule has 0 amide bonds. The second kappa shape index (κ2) is 4.99. The van der Waals surface area contributed by atoms with Crippen LogP contribution in [0.2, 0.25) is 5.02 Å². The normalized spacial score (nSPS) is 11.6. The van der Waals surface area contributed by atoms with Crippen LogP contribution >= 0.6 is 11.6 Å². The molecule has 0 radical (unpaired) electrons. The van der Waals surface area contributed by atoms with Crippen LogP contribution in [-0.4, -0.2) is 23.3 Å². The van der Waals surface area contributed by atoms with Crippen molar-refractivity contribution in [2.45, 2.75) is 18.7 Å². The molecule has 0 spiro atoms. The number of nitrogens with one attached hydrogen (secondary N) is 1. The van der Waals surface area contributed by atoms with Gasteiger partial charge in [-0.3, -0.25) is 9.40 Å². The number of anilines is 1. The molecule has 8 heteroatoms. The molecule has 2 aromatic rings. The third-order valence-electron chi connectivity index (χ3n) is 2.91. The van der Waals surface area contributed by atoms with E-state index in [-0.39, 0.29) is 21.4 Å². The maximum Gasteiger partial charge on any atom is 0.265 e. The van der Waals surface area contributed by atoms with Crippen molar-refractivity contribution >= 4 is 27.3 Å². The summed E-state index contributed by atoms with van der Waals surface area (Å²) in [7, 11) is -2.08. The van der Waals surface area contributed by atoms with Crippen LogP contribution in [-0.2, 0) is 17.1 Å². The molecule has 1 aromatic carbocycles. The zero-order valence-electron chi connectivity index (χ0n) is 11.2. The third-order valence-corrected chi connectivity index (χ3v) is 4.85. The maximum atomic E-state index is 12.4. The highest BCUT2D eigenvalue weighted by Crippen LogP contribution is 2.28. The Morgan fingerprint density at radius 1 is 1.35 bits per heavy atom. The standard InChI is InChI=1S/C12H14ClN3O3S/c1-7-12(8(2)16(3)14-7)20(18,19)15-9-4-5-11(17)10(13)6-9/h4-6,15,17H,1-3H3. The van der Waals surface area contributed by atoms with Crippen LogP contribution in [0.25, 0.3) is 0 Å². The Morgan fingerprint density at radius 3 is 2.50 bits per heavy atom. The summed E-state index contributed by atoms with van der Waals surface area (Å²) in [5, 5.41) is 13.5. The van der Waals surface area contributed by atoms with Gasteiger partial charge in [0.15, 0.2) is 0 Å². The van der Waals surface area contributed by atoms with Crippen LogP contribution in [0.1, 0.15) is 11.4 Å². The molecule has 108 valence electrons. The average Bonchev–Trinajstić information content (AvgIpc) is 2.58. The van der Waals surface area contributed by atoms with Gasteiger partial charge in [-0.2, -0.15) is 5.10 Å². The van der Waals surface area contributed by atoms with Gasteiger partial charge in [0, 0.05) is 7.05 Å². The lowest BCUT2D eigenvalue weighted by atomic mass is 10.3. The summed E-state index contributed by atoms with van der Waals surface area (Å²) in [5.74, 6) is -0.108. The smallest absolute Gasteiger partial charge is 0.265 e. The number of nitrogens with zero attached hydrogens (tertiary/aromatic N) is 2. The third kappa shape index (κ3) is 2.59. The van der Waals surface area contributed by atoms with Crippen molar-refractivity contribution in [3.63, 3.8) is 0 Å². The molecule has 0 aliphatic carbocycles. The van der Waals surface area contributed by atoms with E-state index in [2.05, 4.69) is 9.82 Å². The van der Waals surface area contributed by atoms with E-state index in [1.165, 1.54) is 22.9 Å². The van der Waals surface area contributed by atoms with Crippen LogP contribution in [0, 0.1) is 13.8 Å². The summed E-state index contributed by atoms with van der Waals surface area (Å²) < 4.78 is 28.7. The maximum absolute atomic E-state index is 12.4. The number of hydrogen-bond donors (Lipinski definition) is 2. The summed E-state index contributed by atoms with van der Waals surface area (Å²) in [6.45, 7) is 3.31. The number of halogens is 1. The summed E-state index contributed by atoms with van der Waals surface area (Å²) in [4.78, 5) is 0.143. The van der Waals surface area contributed by atoms with Crippen LogP contribution in [0.5, 0.6) is 5.75 Å². The minimum atomic E-state index is -3.76.